The van der Waals surface area contributed by atoms with Gasteiger partial charge in [0.1, 0.15) is 0 Å². The number of benzene rings is 3. The van der Waals surface area contributed by atoms with Crippen molar-refractivity contribution >= 4 is 16.8 Å². The first-order chi connectivity index (χ1) is 14.2. The monoisotopic (exact) mass is 388 g/mol. The molecule has 0 aliphatic carbocycles. The summed E-state index contributed by atoms with van der Waals surface area (Å²) >= 11 is 0. The number of nitrogens with one attached hydrogen (secondary N) is 2. The zero-order chi connectivity index (χ0) is 20.1. The molecule has 4 aromatic rings. The molecule has 1 aromatic heterocycles. The lowest BCUT2D eigenvalue weighted by molar-refractivity contribution is -0.123. The number of amides is 1. The zero-order valence-electron chi connectivity index (χ0n) is 15.8. The molecule has 1 heterocycles. The van der Waals surface area contributed by atoms with Crippen molar-refractivity contribution in [2.75, 3.05) is 13.2 Å². The zero-order valence-corrected chi connectivity index (χ0v) is 15.8. The second-order valence-corrected chi connectivity index (χ2v) is 6.78. The van der Waals surface area contributed by atoms with Gasteiger partial charge in [-0.15, -0.1) is 0 Å². The van der Waals surface area contributed by atoms with Crippen LogP contribution in [0.15, 0.2) is 85.1 Å². The van der Waals surface area contributed by atoms with Gasteiger partial charge < -0.3 is 15.0 Å². The SMILES string of the molecule is O=C(COc1ccccc1F)NCC(c1ccccc1)c1c[nH]c2ccccc12. The van der Waals surface area contributed by atoms with Gasteiger partial charge in [0.25, 0.3) is 5.91 Å². The van der Waals surface area contributed by atoms with Crippen molar-refractivity contribution in [3.8, 4) is 5.75 Å². The summed E-state index contributed by atoms with van der Waals surface area (Å²) < 4.78 is 19.0. The van der Waals surface area contributed by atoms with Crippen LogP contribution in [0, 0.1) is 5.82 Å². The van der Waals surface area contributed by atoms with E-state index in [4.69, 9.17) is 4.74 Å². The summed E-state index contributed by atoms with van der Waals surface area (Å²) in [6.45, 7) is 0.168. The van der Waals surface area contributed by atoms with Crippen molar-refractivity contribution in [1.82, 2.24) is 10.3 Å². The minimum atomic E-state index is -0.485. The number of ether oxygens (including phenoxy) is 1. The van der Waals surface area contributed by atoms with E-state index >= 15 is 0 Å². The van der Waals surface area contributed by atoms with Crippen molar-refractivity contribution < 1.29 is 13.9 Å². The van der Waals surface area contributed by atoms with Gasteiger partial charge in [-0.1, -0.05) is 60.7 Å². The molecular weight excluding hydrogens is 367 g/mol. The number of H-pyrrole nitrogens is 1. The topological polar surface area (TPSA) is 54.1 Å². The quantitative estimate of drug-likeness (QED) is 0.485. The molecule has 3 aromatic carbocycles. The molecule has 0 aliphatic heterocycles. The minimum Gasteiger partial charge on any atom is -0.481 e. The van der Waals surface area contributed by atoms with Crippen LogP contribution in [-0.4, -0.2) is 24.0 Å². The van der Waals surface area contributed by atoms with Crippen molar-refractivity contribution in [2.24, 2.45) is 0 Å². The molecule has 5 heteroatoms. The van der Waals surface area contributed by atoms with Crippen LogP contribution in [0.25, 0.3) is 10.9 Å². The van der Waals surface area contributed by atoms with Crippen LogP contribution < -0.4 is 10.1 Å². The van der Waals surface area contributed by atoms with Crippen molar-refractivity contribution in [3.63, 3.8) is 0 Å². The predicted octanol–water partition coefficient (Wildman–Crippen LogP) is 4.63. The lowest BCUT2D eigenvalue weighted by Crippen LogP contribution is -2.32. The van der Waals surface area contributed by atoms with Crippen LogP contribution in [0.1, 0.15) is 17.0 Å². The number of carbonyl (C=O) groups is 1. The van der Waals surface area contributed by atoms with Gasteiger partial charge in [0.05, 0.1) is 0 Å². The molecule has 1 atom stereocenters. The molecule has 0 radical (unpaired) electrons. The fraction of sp³-hybridized carbons (Fsp3) is 0.125. The van der Waals surface area contributed by atoms with Gasteiger partial charge in [0, 0.05) is 29.6 Å². The number of hydrogen-bond donors (Lipinski definition) is 2. The molecular formula is C24H21FN2O2. The van der Waals surface area contributed by atoms with Gasteiger partial charge in [-0.2, -0.15) is 0 Å². The average molecular weight is 388 g/mol. The number of fused-ring (bicyclic) bond motifs is 1. The third kappa shape index (κ3) is 4.29. The molecule has 0 aliphatic rings. The summed E-state index contributed by atoms with van der Waals surface area (Å²) in [6, 6.07) is 24.2. The smallest absolute Gasteiger partial charge is 0.257 e. The summed E-state index contributed by atoms with van der Waals surface area (Å²) in [4.78, 5) is 15.6. The molecule has 146 valence electrons. The van der Waals surface area contributed by atoms with Gasteiger partial charge in [-0.05, 0) is 29.3 Å². The van der Waals surface area contributed by atoms with Crippen molar-refractivity contribution in [1.29, 1.82) is 0 Å². The highest BCUT2D eigenvalue weighted by Crippen LogP contribution is 2.30. The molecule has 0 spiro atoms. The van der Waals surface area contributed by atoms with Crippen molar-refractivity contribution in [3.05, 3.63) is 102 Å². The number of para-hydroxylation sites is 2. The van der Waals surface area contributed by atoms with E-state index in [1.54, 1.807) is 12.1 Å². The highest BCUT2D eigenvalue weighted by molar-refractivity contribution is 5.84. The van der Waals surface area contributed by atoms with Gasteiger partial charge in [0.2, 0.25) is 0 Å². The number of aromatic nitrogens is 1. The maximum absolute atomic E-state index is 13.6. The highest BCUT2D eigenvalue weighted by Gasteiger charge is 2.19. The summed E-state index contributed by atoms with van der Waals surface area (Å²) in [5.41, 5.74) is 3.27. The Kier molecular flexibility index (Phi) is 5.56. The summed E-state index contributed by atoms with van der Waals surface area (Å²) in [5.74, 6) is -0.737. The van der Waals surface area contributed by atoms with Gasteiger partial charge in [0.15, 0.2) is 18.2 Å². The van der Waals surface area contributed by atoms with E-state index in [0.29, 0.717) is 6.54 Å². The Bertz CT molecular complexity index is 1110. The average Bonchev–Trinajstić information content (AvgIpc) is 3.18. The molecule has 2 N–H and O–H groups in total. The van der Waals surface area contributed by atoms with E-state index in [-0.39, 0.29) is 24.2 Å². The summed E-state index contributed by atoms with van der Waals surface area (Å²) in [7, 11) is 0. The molecule has 4 rings (SSSR count). The highest BCUT2D eigenvalue weighted by atomic mass is 19.1. The minimum absolute atomic E-state index is 0.0234. The van der Waals surface area contributed by atoms with Crippen molar-refractivity contribution in [2.45, 2.75) is 5.92 Å². The molecule has 1 unspecified atom stereocenters. The van der Waals surface area contributed by atoms with Crippen LogP contribution in [0.4, 0.5) is 4.39 Å². The van der Waals surface area contributed by atoms with Crippen LogP contribution in [0.2, 0.25) is 0 Å². The third-order valence-corrected chi connectivity index (χ3v) is 4.90. The Morgan fingerprint density at radius 3 is 2.52 bits per heavy atom. The molecule has 1 amide bonds. The molecule has 4 nitrogen and oxygen atoms in total. The Labute approximate surface area is 168 Å². The van der Waals surface area contributed by atoms with Crippen LogP contribution in [0.5, 0.6) is 5.75 Å². The second kappa shape index (κ2) is 8.61. The Morgan fingerprint density at radius 2 is 1.69 bits per heavy atom. The molecule has 0 saturated carbocycles. The first-order valence-electron chi connectivity index (χ1n) is 9.47. The molecule has 29 heavy (non-hydrogen) atoms. The summed E-state index contributed by atoms with van der Waals surface area (Å²) in [6.07, 6.45) is 1.99. The van der Waals surface area contributed by atoms with E-state index in [0.717, 1.165) is 22.0 Å². The largest absolute Gasteiger partial charge is 0.481 e. The molecule has 0 bridgehead atoms. The Morgan fingerprint density at radius 1 is 0.966 bits per heavy atom. The van der Waals surface area contributed by atoms with E-state index < -0.39 is 5.82 Å². The van der Waals surface area contributed by atoms with Crippen LogP contribution in [-0.2, 0) is 4.79 Å². The van der Waals surface area contributed by atoms with Crippen LogP contribution >= 0.6 is 0 Å². The maximum Gasteiger partial charge on any atom is 0.257 e. The lowest BCUT2D eigenvalue weighted by atomic mass is 9.91. The number of halogens is 1. The number of aromatic amines is 1. The first-order valence-corrected chi connectivity index (χ1v) is 9.47. The maximum atomic E-state index is 13.6. The van der Waals surface area contributed by atoms with E-state index in [1.807, 2.05) is 42.6 Å². The Hall–Kier alpha value is -3.60. The number of rotatable bonds is 7. The third-order valence-electron chi connectivity index (χ3n) is 4.90. The van der Waals surface area contributed by atoms with E-state index in [2.05, 4.69) is 28.5 Å². The van der Waals surface area contributed by atoms with Gasteiger partial charge in [-0.25, -0.2) is 4.39 Å². The second-order valence-electron chi connectivity index (χ2n) is 6.78. The summed E-state index contributed by atoms with van der Waals surface area (Å²) in [5, 5.41) is 4.05. The van der Waals surface area contributed by atoms with E-state index in [1.165, 1.54) is 12.1 Å². The lowest BCUT2D eigenvalue weighted by Gasteiger charge is -2.18. The fourth-order valence-electron chi connectivity index (χ4n) is 3.45. The first kappa shape index (κ1) is 18.7. The normalized spacial score (nSPS) is 11.9. The Balaban J connectivity index is 1.49. The van der Waals surface area contributed by atoms with E-state index in [9.17, 15) is 9.18 Å². The number of carbonyl (C=O) groups excluding carboxylic acids is 1. The van der Waals surface area contributed by atoms with Crippen LogP contribution in [0.3, 0.4) is 0 Å². The predicted molar refractivity (Wildman–Crippen MR) is 111 cm³/mol. The number of hydrogen-bond acceptors (Lipinski definition) is 2. The molecule has 0 fully saturated rings. The molecule has 0 saturated heterocycles. The van der Waals surface area contributed by atoms with Gasteiger partial charge in [-0.3, -0.25) is 4.79 Å². The van der Waals surface area contributed by atoms with Gasteiger partial charge >= 0.3 is 0 Å². The standard InChI is InChI=1S/C24H21FN2O2/c25-21-11-5-7-13-23(21)29-16-24(28)27-14-19(17-8-2-1-3-9-17)20-15-26-22-12-6-4-10-18(20)22/h1-13,15,19,26H,14,16H2,(H,27,28). The fourth-order valence-corrected chi connectivity index (χ4v) is 3.45.